The highest BCUT2D eigenvalue weighted by atomic mass is 16.1. The van der Waals surface area contributed by atoms with E-state index in [0.717, 1.165) is 17.9 Å². The summed E-state index contributed by atoms with van der Waals surface area (Å²) in [6.45, 7) is 5.25. The molecular formula is C12H15N3O. The SMILES string of the molecule is CCn1cncc1Cn1cccc1C(C)=O. The van der Waals surface area contributed by atoms with Gasteiger partial charge in [-0.2, -0.15) is 0 Å². The molecule has 4 nitrogen and oxygen atoms in total. The Balaban J connectivity index is 2.27. The van der Waals surface area contributed by atoms with Crippen LogP contribution in [0.15, 0.2) is 30.9 Å². The van der Waals surface area contributed by atoms with Gasteiger partial charge in [-0.3, -0.25) is 4.79 Å². The van der Waals surface area contributed by atoms with Gasteiger partial charge in [0.1, 0.15) is 0 Å². The maximum atomic E-state index is 11.4. The molecule has 0 unspecified atom stereocenters. The van der Waals surface area contributed by atoms with E-state index in [0.29, 0.717) is 6.54 Å². The minimum Gasteiger partial charge on any atom is -0.339 e. The summed E-state index contributed by atoms with van der Waals surface area (Å²) in [6, 6.07) is 3.73. The van der Waals surface area contributed by atoms with Crippen LogP contribution in [0.1, 0.15) is 30.0 Å². The van der Waals surface area contributed by atoms with Gasteiger partial charge in [-0.15, -0.1) is 0 Å². The summed E-state index contributed by atoms with van der Waals surface area (Å²) >= 11 is 0. The second-order valence-electron chi connectivity index (χ2n) is 3.75. The molecule has 0 spiro atoms. The maximum Gasteiger partial charge on any atom is 0.176 e. The fraction of sp³-hybridized carbons (Fsp3) is 0.333. The number of ketones is 1. The predicted octanol–water partition coefficient (Wildman–Crippen LogP) is 1.96. The molecule has 2 heterocycles. The number of carbonyl (C=O) groups excluding carboxylic acids is 1. The van der Waals surface area contributed by atoms with E-state index < -0.39 is 0 Å². The normalized spacial score (nSPS) is 10.6. The van der Waals surface area contributed by atoms with E-state index >= 15 is 0 Å². The van der Waals surface area contributed by atoms with Gasteiger partial charge in [0, 0.05) is 25.9 Å². The largest absolute Gasteiger partial charge is 0.339 e. The lowest BCUT2D eigenvalue weighted by Gasteiger charge is -2.08. The molecule has 16 heavy (non-hydrogen) atoms. The van der Waals surface area contributed by atoms with Crippen molar-refractivity contribution >= 4 is 5.78 Å². The van der Waals surface area contributed by atoms with Crippen molar-refractivity contribution in [2.45, 2.75) is 26.9 Å². The second kappa shape index (κ2) is 4.35. The Bertz CT molecular complexity index is 496. The minimum atomic E-state index is 0.0903. The lowest BCUT2D eigenvalue weighted by Crippen LogP contribution is -2.10. The van der Waals surface area contributed by atoms with Crippen LogP contribution in [0.2, 0.25) is 0 Å². The number of carbonyl (C=O) groups is 1. The fourth-order valence-electron chi connectivity index (χ4n) is 1.81. The zero-order chi connectivity index (χ0) is 11.5. The first-order valence-electron chi connectivity index (χ1n) is 5.37. The van der Waals surface area contributed by atoms with Gasteiger partial charge < -0.3 is 9.13 Å². The lowest BCUT2D eigenvalue weighted by molar-refractivity contribution is 0.100. The molecule has 0 atom stereocenters. The van der Waals surface area contributed by atoms with Crippen LogP contribution in [0, 0.1) is 0 Å². The van der Waals surface area contributed by atoms with Gasteiger partial charge in [-0.1, -0.05) is 0 Å². The molecule has 2 rings (SSSR count). The second-order valence-corrected chi connectivity index (χ2v) is 3.75. The first-order valence-corrected chi connectivity index (χ1v) is 5.37. The Labute approximate surface area is 94.5 Å². The number of aromatic nitrogens is 3. The highest BCUT2D eigenvalue weighted by Crippen LogP contribution is 2.08. The number of Topliss-reactive ketones (excluding diaryl/α,β-unsaturated/α-hetero) is 1. The fourth-order valence-corrected chi connectivity index (χ4v) is 1.81. The summed E-state index contributed by atoms with van der Waals surface area (Å²) in [7, 11) is 0. The van der Waals surface area contributed by atoms with Gasteiger partial charge in [-0.25, -0.2) is 4.98 Å². The Kier molecular flexibility index (Phi) is 2.90. The number of hydrogen-bond donors (Lipinski definition) is 0. The number of rotatable bonds is 4. The minimum absolute atomic E-state index is 0.0903. The van der Waals surface area contributed by atoms with Crippen LogP contribution in [0.5, 0.6) is 0 Å². The monoisotopic (exact) mass is 217 g/mol. The Morgan fingerprint density at radius 2 is 2.25 bits per heavy atom. The molecule has 0 fully saturated rings. The van der Waals surface area contributed by atoms with Gasteiger partial charge in [0.15, 0.2) is 5.78 Å². The molecule has 4 heteroatoms. The highest BCUT2D eigenvalue weighted by molar-refractivity contribution is 5.92. The summed E-state index contributed by atoms with van der Waals surface area (Å²) in [5, 5.41) is 0. The predicted molar refractivity (Wildman–Crippen MR) is 61.4 cm³/mol. The Morgan fingerprint density at radius 3 is 2.94 bits per heavy atom. The average molecular weight is 217 g/mol. The topological polar surface area (TPSA) is 39.8 Å². The van der Waals surface area contributed by atoms with E-state index in [1.807, 2.05) is 35.4 Å². The van der Waals surface area contributed by atoms with Crippen LogP contribution in [0.25, 0.3) is 0 Å². The molecule has 0 aliphatic carbocycles. The highest BCUT2D eigenvalue weighted by Gasteiger charge is 2.07. The molecule has 0 aliphatic rings. The standard InChI is InChI=1S/C12H15N3O/c1-3-14-9-13-7-11(14)8-15-6-4-5-12(15)10(2)16/h4-7,9H,3,8H2,1-2H3. The molecule has 2 aromatic heterocycles. The first kappa shape index (κ1) is 10.7. The molecule has 84 valence electrons. The van der Waals surface area contributed by atoms with Crippen molar-refractivity contribution < 1.29 is 4.79 Å². The van der Waals surface area contributed by atoms with Crippen LogP contribution in [0.4, 0.5) is 0 Å². The third kappa shape index (κ3) is 1.91. The van der Waals surface area contributed by atoms with Crippen LogP contribution in [-0.2, 0) is 13.1 Å². The van der Waals surface area contributed by atoms with Crippen molar-refractivity contribution in [3.8, 4) is 0 Å². The maximum absolute atomic E-state index is 11.4. The number of hydrogen-bond acceptors (Lipinski definition) is 2. The van der Waals surface area contributed by atoms with Gasteiger partial charge in [0.05, 0.1) is 24.3 Å². The zero-order valence-corrected chi connectivity index (χ0v) is 9.55. The molecule has 0 aliphatic heterocycles. The number of imidazole rings is 1. The van der Waals surface area contributed by atoms with Gasteiger partial charge in [0.25, 0.3) is 0 Å². The first-order chi connectivity index (χ1) is 7.72. The molecule has 0 aromatic carbocycles. The van der Waals surface area contributed by atoms with Gasteiger partial charge in [-0.05, 0) is 19.1 Å². The average Bonchev–Trinajstić information content (AvgIpc) is 2.86. The summed E-state index contributed by atoms with van der Waals surface area (Å²) in [5.41, 5.74) is 1.85. The van der Waals surface area contributed by atoms with E-state index in [1.165, 1.54) is 0 Å². The molecule has 0 N–H and O–H groups in total. The Morgan fingerprint density at radius 1 is 1.44 bits per heavy atom. The van der Waals surface area contributed by atoms with Crippen molar-refractivity contribution in [1.29, 1.82) is 0 Å². The Hall–Kier alpha value is -1.84. The number of nitrogens with zero attached hydrogens (tertiary/aromatic N) is 3. The van der Waals surface area contributed by atoms with E-state index in [2.05, 4.69) is 16.5 Å². The van der Waals surface area contributed by atoms with Crippen LogP contribution >= 0.6 is 0 Å². The third-order valence-electron chi connectivity index (χ3n) is 2.66. The van der Waals surface area contributed by atoms with Crippen molar-refractivity contribution in [1.82, 2.24) is 14.1 Å². The quantitative estimate of drug-likeness (QED) is 0.734. The summed E-state index contributed by atoms with van der Waals surface area (Å²) in [5.74, 6) is 0.0903. The van der Waals surface area contributed by atoms with E-state index in [4.69, 9.17) is 0 Å². The van der Waals surface area contributed by atoms with Gasteiger partial charge in [0.2, 0.25) is 0 Å². The van der Waals surface area contributed by atoms with Gasteiger partial charge >= 0.3 is 0 Å². The molecule has 0 saturated carbocycles. The van der Waals surface area contributed by atoms with Crippen molar-refractivity contribution in [3.63, 3.8) is 0 Å². The zero-order valence-electron chi connectivity index (χ0n) is 9.55. The molecule has 0 saturated heterocycles. The molecule has 2 aromatic rings. The van der Waals surface area contributed by atoms with Crippen LogP contribution in [0.3, 0.4) is 0 Å². The number of aryl methyl sites for hydroxylation is 1. The van der Waals surface area contributed by atoms with Crippen molar-refractivity contribution in [2.75, 3.05) is 0 Å². The molecule has 0 amide bonds. The summed E-state index contributed by atoms with van der Waals surface area (Å²) in [6.07, 6.45) is 5.57. The third-order valence-corrected chi connectivity index (χ3v) is 2.66. The van der Waals surface area contributed by atoms with E-state index in [9.17, 15) is 4.79 Å². The summed E-state index contributed by atoms with van der Waals surface area (Å²) in [4.78, 5) is 15.5. The lowest BCUT2D eigenvalue weighted by atomic mass is 10.3. The smallest absolute Gasteiger partial charge is 0.176 e. The van der Waals surface area contributed by atoms with Crippen LogP contribution < -0.4 is 0 Å². The van der Waals surface area contributed by atoms with Crippen LogP contribution in [-0.4, -0.2) is 19.9 Å². The molecule has 0 bridgehead atoms. The molecule has 0 radical (unpaired) electrons. The summed E-state index contributed by atoms with van der Waals surface area (Å²) < 4.78 is 4.02. The molecular weight excluding hydrogens is 202 g/mol. The van der Waals surface area contributed by atoms with E-state index in [1.54, 1.807) is 6.92 Å². The van der Waals surface area contributed by atoms with Crippen molar-refractivity contribution in [2.24, 2.45) is 0 Å². The van der Waals surface area contributed by atoms with Crippen molar-refractivity contribution in [3.05, 3.63) is 42.2 Å². The van der Waals surface area contributed by atoms with E-state index in [-0.39, 0.29) is 5.78 Å².